The highest BCUT2D eigenvalue weighted by molar-refractivity contribution is 6.05. The maximum absolute atomic E-state index is 14.6. The summed E-state index contributed by atoms with van der Waals surface area (Å²) in [5.41, 5.74) is 4.23. The van der Waals surface area contributed by atoms with Crippen LogP contribution in [0.2, 0.25) is 0 Å². The molecule has 72 heavy (non-hydrogen) atoms. The third-order valence-corrected chi connectivity index (χ3v) is 15.1. The first-order chi connectivity index (χ1) is 34.6. The summed E-state index contributed by atoms with van der Waals surface area (Å²) in [5, 5.41) is 10.6. The van der Waals surface area contributed by atoms with E-state index in [1.54, 1.807) is 28.3 Å². The summed E-state index contributed by atoms with van der Waals surface area (Å²) in [7, 11) is 3.67. The second-order valence-electron chi connectivity index (χ2n) is 19.6. The molecule has 0 aliphatic carbocycles. The molecule has 0 bridgehead atoms. The zero-order chi connectivity index (χ0) is 50.4. The van der Waals surface area contributed by atoms with E-state index in [9.17, 15) is 37.1 Å². The molecule has 4 amide bonds. The van der Waals surface area contributed by atoms with Crippen LogP contribution in [0.1, 0.15) is 100 Å². The molecule has 0 unspecified atom stereocenters. The lowest BCUT2D eigenvalue weighted by molar-refractivity contribution is -0.137. The number of piperidine rings is 2. The van der Waals surface area contributed by atoms with Gasteiger partial charge in [0.25, 0.3) is 11.8 Å². The number of benzene rings is 3. The molecule has 19 heteroatoms. The van der Waals surface area contributed by atoms with Gasteiger partial charge < -0.3 is 24.2 Å². The quantitative estimate of drug-likeness (QED) is 0.132. The number of rotatable bonds is 13. The van der Waals surface area contributed by atoms with E-state index >= 15 is 0 Å². The fourth-order valence-corrected chi connectivity index (χ4v) is 11.0. The molecule has 16 nitrogen and oxygen atoms in total. The van der Waals surface area contributed by atoms with Gasteiger partial charge in [0.05, 0.1) is 16.8 Å². The number of imide groups is 1. The number of hydrogen-bond acceptors (Lipinski definition) is 10. The maximum atomic E-state index is 14.6. The van der Waals surface area contributed by atoms with Gasteiger partial charge in [-0.25, -0.2) is 4.79 Å². The van der Waals surface area contributed by atoms with Gasteiger partial charge in [-0.3, -0.25) is 38.4 Å². The van der Waals surface area contributed by atoms with E-state index in [1.807, 2.05) is 80.2 Å². The Hall–Kier alpha value is -7.28. The molecule has 2 atom stereocenters. The highest BCUT2D eigenvalue weighted by Gasteiger charge is 2.40. The molecule has 376 valence electrons. The molecule has 3 fully saturated rings. The first-order valence-corrected chi connectivity index (χ1v) is 24.8. The molecule has 1 N–H and O–H groups in total. The van der Waals surface area contributed by atoms with Gasteiger partial charge in [0.1, 0.15) is 18.2 Å². The van der Waals surface area contributed by atoms with Crippen LogP contribution in [0.5, 0.6) is 0 Å². The Morgan fingerprint density at radius 3 is 2.26 bits per heavy atom. The molecule has 7 heterocycles. The number of carbonyl (C=O) groups excluding carboxylic acids is 4. The SMILES string of the molecule is CC[C@H](c1cccc(-n2cc3c(C(F)(F)F)cc(CN4CCC(CCN(C)C(=O)c5ccc(N6CCN(c7ccc8c(c7)CN([C@@H]7CCC(=O)NC7=O)C8=O)CC6)cc5)CC4)cn3c2=O)c1)c1nncn1C. The molecule has 4 aliphatic rings. The van der Waals surface area contributed by atoms with Crippen LogP contribution in [-0.2, 0) is 35.9 Å². The van der Waals surface area contributed by atoms with Crippen molar-refractivity contribution >= 4 is 40.5 Å². The highest BCUT2D eigenvalue weighted by Crippen LogP contribution is 2.36. The summed E-state index contributed by atoms with van der Waals surface area (Å²) < 4.78 is 48.2. The van der Waals surface area contributed by atoms with Gasteiger partial charge in [-0.2, -0.15) is 13.2 Å². The predicted octanol–water partition coefficient (Wildman–Crippen LogP) is 6.24. The van der Waals surface area contributed by atoms with Crippen molar-refractivity contribution in [3.63, 3.8) is 0 Å². The number of hydrogen-bond donors (Lipinski definition) is 1. The third kappa shape index (κ3) is 9.60. The molecular formula is C53H58F3N11O5. The first-order valence-electron chi connectivity index (χ1n) is 24.8. The van der Waals surface area contributed by atoms with Crippen LogP contribution in [0.3, 0.4) is 0 Å². The van der Waals surface area contributed by atoms with Crippen molar-refractivity contribution < 1.29 is 32.3 Å². The largest absolute Gasteiger partial charge is 0.418 e. The zero-order valence-electron chi connectivity index (χ0n) is 40.6. The average molecular weight is 986 g/mol. The number of pyridine rings is 1. The fourth-order valence-electron chi connectivity index (χ4n) is 11.0. The van der Waals surface area contributed by atoms with Crippen LogP contribution in [0, 0.1) is 5.92 Å². The second-order valence-corrected chi connectivity index (χ2v) is 19.6. The van der Waals surface area contributed by atoms with Crippen LogP contribution in [0.25, 0.3) is 11.2 Å². The molecule has 0 spiro atoms. The topological polar surface area (TPSA) is 154 Å². The lowest BCUT2D eigenvalue weighted by Gasteiger charge is -2.37. The second kappa shape index (κ2) is 19.7. The van der Waals surface area contributed by atoms with Crippen LogP contribution in [-0.4, -0.2) is 121 Å². The molecule has 3 saturated heterocycles. The number of piperazine rings is 1. The number of fused-ring (bicyclic) bond motifs is 2. The van der Waals surface area contributed by atoms with E-state index in [0.29, 0.717) is 67.3 Å². The lowest BCUT2D eigenvalue weighted by Crippen LogP contribution is -2.52. The number of carbonyl (C=O) groups is 4. The van der Waals surface area contributed by atoms with Crippen LogP contribution >= 0.6 is 0 Å². The van der Waals surface area contributed by atoms with E-state index in [4.69, 9.17) is 0 Å². The highest BCUT2D eigenvalue weighted by atomic mass is 19.4. The smallest absolute Gasteiger partial charge is 0.368 e. The van der Waals surface area contributed by atoms with Crippen molar-refractivity contribution in [2.45, 2.75) is 76.7 Å². The minimum absolute atomic E-state index is 0.0603. The average Bonchev–Trinajstić information content (AvgIpc) is 4.06. The predicted molar refractivity (Wildman–Crippen MR) is 264 cm³/mol. The van der Waals surface area contributed by atoms with Gasteiger partial charge in [0.2, 0.25) is 11.8 Å². The van der Waals surface area contributed by atoms with Crippen molar-refractivity contribution in [1.82, 2.24) is 43.7 Å². The molecule has 0 saturated carbocycles. The Morgan fingerprint density at radius 1 is 0.861 bits per heavy atom. The molecule has 0 radical (unpaired) electrons. The van der Waals surface area contributed by atoms with Crippen molar-refractivity contribution in [3.05, 3.63) is 141 Å². The molecule has 4 aliphatic heterocycles. The van der Waals surface area contributed by atoms with E-state index in [-0.39, 0.29) is 42.1 Å². The molecule has 3 aromatic heterocycles. The summed E-state index contributed by atoms with van der Waals surface area (Å²) in [6.07, 6.45) is 3.49. The van der Waals surface area contributed by atoms with E-state index in [1.165, 1.54) is 23.0 Å². The monoisotopic (exact) mass is 985 g/mol. The number of anilines is 2. The Morgan fingerprint density at radius 2 is 1.58 bits per heavy atom. The Labute approximate surface area is 414 Å². The van der Waals surface area contributed by atoms with Gasteiger partial charge in [0.15, 0.2) is 0 Å². The van der Waals surface area contributed by atoms with Gasteiger partial charge in [-0.05, 0) is 128 Å². The van der Waals surface area contributed by atoms with E-state index < -0.39 is 29.4 Å². The maximum Gasteiger partial charge on any atom is 0.418 e. The normalized spacial score (nSPS) is 18.5. The summed E-state index contributed by atoms with van der Waals surface area (Å²) in [5.74, 6) is 0.00999. The van der Waals surface area contributed by atoms with Gasteiger partial charge >= 0.3 is 11.9 Å². The minimum Gasteiger partial charge on any atom is -0.368 e. The summed E-state index contributed by atoms with van der Waals surface area (Å²) in [4.78, 5) is 74.8. The summed E-state index contributed by atoms with van der Waals surface area (Å²) in [6.45, 7) is 7.63. The van der Waals surface area contributed by atoms with Crippen molar-refractivity contribution in [3.8, 4) is 5.69 Å². The number of alkyl halides is 3. The van der Waals surface area contributed by atoms with Crippen LogP contribution in [0.15, 0.2) is 96.3 Å². The molecular weight excluding hydrogens is 928 g/mol. The molecule has 10 rings (SSSR count). The fraction of sp³-hybridized carbons (Fsp3) is 0.415. The number of aromatic nitrogens is 5. The number of nitrogens with zero attached hydrogens (tertiary/aromatic N) is 10. The van der Waals surface area contributed by atoms with Gasteiger partial charge in [-0.15, -0.1) is 10.2 Å². The van der Waals surface area contributed by atoms with Crippen molar-refractivity contribution in [2.75, 3.05) is 62.7 Å². The van der Waals surface area contributed by atoms with E-state index in [0.717, 1.165) is 78.2 Å². The first kappa shape index (κ1) is 48.4. The number of halogens is 3. The lowest BCUT2D eigenvalue weighted by atomic mass is 9.93. The van der Waals surface area contributed by atoms with Gasteiger partial charge in [0, 0.05) is 107 Å². The zero-order valence-corrected chi connectivity index (χ0v) is 40.6. The number of amides is 4. The number of imidazole rings is 1. The van der Waals surface area contributed by atoms with Crippen molar-refractivity contribution in [1.29, 1.82) is 0 Å². The molecule has 3 aromatic carbocycles. The molecule has 6 aromatic rings. The number of aryl methyl sites for hydroxylation is 1. The minimum atomic E-state index is -4.68. The summed E-state index contributed by atoms with van der Waals surface area (Å²) >= 11 is 0. The standard InChI is InChI=1S/C53H58F3N11O5/c1-4-42(48-59-57-33-61(48)3)37-6-5-7-41(27-37)65-32-46-44(53(54,55)56)26-35(30-67(46)52(65)72)29-62-20-17-34(18-21-62)16-19-60(2)50(70)36-8-10-39(11-9-36)63-22-24-64(25-23-63)40-12-13-43-38(28-40)31-66(51(43)71)45-14-15-47(68)58-49(45)69/h5-13,26-28,30,32-34,42,45H,4,14-25,29,31H2,1-3H3,(H,58,68,69)/t42-,45-/m1/s1. The number of nitrogens with one attached hydrogen (secondary N) is 1. The van der Waals surface area contributed by atoms with Crippen LogP contribution < -0.4 is 20.8 Å². The third-order valence-electron chi connectivity index (χ3n) is 15.1. The Bertz CT molecular complexity index is 3090. The van der Waals surface area contributed by atoms with Crippen molar-refractivity contribution in [2.24, 2.45) is 13.0 Å². The van der Waals surface area contributed by atoms with Gasteiger partial charge in [-0.1, -0.05) is 19.1 Å². The summed E-state index contributed by atoms with van der Waals surface area (Å²) in [6, 6.07) is 21.3. The van der Waals surface area contributed by atoms with E-state index in [2.05, 4.69) is 30.2 Å². The Kier molecular flexibility index (Phi) is 13.2. The van der Waals surface area contributed by atoms with Crippen LogP contribution in [0.4, 0.5) is 24.5 Å². The number of likely N-dealkylation sites (tertiary alicyclic amines) is 1. The Balaban J connectivity index is 0.703.